The van der Waals surface area contributed by atoms with Crippen LogP contribution in [0.15, 0.2) is 60.7 Å². The molecule has 5 heteroatoms. The predicted octanol–water partition coefficient (Wildman–Crippen LogP) is 3.60. The third-order valence-corrected chi connectivity index (χ3v) is 4.00. The second-order valence-corrected chi connectivity index (χ2v) is 5.34. The highest BCUT2D eigenvalue weighted by molar-refractivity contribution is 5.48. The minimum atomic E-state index is -0.785. The van der Waals surface area contributed by atoms with E-state index in [2.05, 4.69) is 0 Å². The van der Waals surface area contributed by atoms with E-state index in [0.717, 1.165) is 11.3 Å². The molecule has 0 amide bonds. The summed E-state index contributed by atoms with van der Waals surface area (Å²) in [6.45, 7) is 1.91. The van der Waals surface area contributed by atoms with E-state index in [1.807, 2.05) is 67.6 Å². The van der Waals surface area contributed by atoms with Crippen LogP contribution in [-0.4, -0.2) is 17.1 Å². The molecule has 0 spiro atoms. The minimum absolute atomic E-state index is 0.214. The van der Waals surface area contributed by atoms with Crippen LogP contribution in [0.3, 0.4) is 0 Å². The molecule has 22 heavy (non-hydrogen) atoms. The maximum Gasteiger partial charge on any atom is 0.267 e. The van der Waals surface area contributed by atoms with Crippen molar-refractivity contribution < 1.29 is 9.76 Å². The zero-order valence-electron chi connectivity index (χ0n) is 12.3. The number of nitrogens with zero attached hydrogens (tertiary/aromatic N) is 2. The van der Waals surface area contributed by atoms with Gasteiger partial charge >= 0.3 is 0 Å². The Labute approximate surface area is 129 Å². The molecule has 3 atom stereocenters. The molecule has 1 aliphatic heterocycles. The number of anilines is 1. The van der Waals surface area contributed by atoms with Crippen LogP contribution in [-0.2, 0) is 4.84 Å². The van der Waals surface area contributed by atoms with E-state index < -0.39 is 18.2 Å². The zero-order chi connectivity index (χ0) is 15.5. The second-order valence-electron chi connectivity index (χ2n) is 5.34. The Bertz CT molecular complexity index is 633. The molecule has 1 aliphatic rings. The van der Waals surface area contributed by atoms with Gasteiger partial charge in [-0.05, 0) is 24.1 Å². The van der Waals surface area contributed by atoms with E-state index in [-0.39, 0.29) is 4.92 Å². The summed E-state index contributed by atoms with van der Waals surface area (Å²) in [7, 11) is 0. The Morgan fingerprint density at radius 3 is 2.23 bits per heavy atom. The molecule has 0 saturated carbocycles. The maximum atomic E-state index is 11.6. The monoisotopic (exact) mass is 298 g/mol. The summed E-state index contributed by atoms with van der Waals surface area (Å²) >= 11 is 0. The van der Waals surface area contributed by atoms with Crippen molar-refractivity contribution in [2.24, 2.45) is 0 Å². The van der Waals surface area contributed by atoms with Crippen LogP contribution in [0.5, 0.6) is 0 Å². The van der Waals surface area contributed by atoms with Gasteiger partial charge in [0.1, 0.15) is 0 Å². The van der Waals surface area contributed by atoms with Gasteiger partial charge in [0.25, 0.3) is 6.04 Å². The van der Waals surface area contributed by atoms with Gasteiger partial charge < -0.3 is 0 Å². The lowest BCUT2D eigenvalue weighted by Crippen LogP contribution is -2.34. The second kappa shape index (κ2) is 6.15. The van der Waals surface area contributed by atoms with Gasteiger partial charge in [-0.1, -0.05) is 55.5 Å². The Hall–Kier alpha value is -2.40. The summed E-state index contributed by atoms with van der Waals surface area (Å²) in [6, 6.07) is 17.9. The molecule has 3 rings (SSSR count). The lowest BCUT2D eigenvalue weighted by Gasteiger charge is -2.24. The van der Waals surface area contributed by atoms with Crippen LogP contribution in [0.25, 0.3) is 0 Å². The molecule has 0 unspecified atom stereocenters. The van der Waals surface area contributed by atoms with E-state index in [9.17, 15) is 10.1 Å². The Morgan fingerprint density at radius 2 is 1.68 bits per heavy atom. The summed E-state index contributed by atoms with van der Waals surface area (Å²) in [5, 5.41) is 13.3. The van der Waals surface area contributed by atoms with Crippen molar-refractivity contribution in [2.45, 2.75) is 31.5 Å². The van der Waals surface area contributed by atoms with Crippen LogP contribution >= 0.6 is 0 Å². The SMILES string of the molecule is CC[C@H]1ON(c2ccccc2)[C@H](c2ccccc2)[C@@H]1[N+](=O)[O-]. The normalized spacial score (nSPS) is 24.4. The molecule has 1 fully saturated rings. The minimum Gasteiger partial charge on any atom is -0.264 e. The van der Waals surface area contributed by atoms with E-state index in [4.69, 9.17) is 4.84 Å². The first-order valence-corrected chi connectivity index (χ1v) is 7.42. The fourth-order valence-corrected chi connectivity index (χ4v) is 2.96. The number of benzene rings is 2. The molecular formula is C17H18N2O3. The molecule has 0 bridgehead atoms. The van der Waals surface area contributed by atoms with Crippen LogP contribution in [0.1, 0.15) is 24.9 Å². The topological polar surface area (TPSA) is 55.6 Å². The summed E-state index contributed by atoms with van der Waals surface area (Å²) in [5.41, 5.74) is 1.73. The van der Waals surface area contributed by atoms with Gasteiger partial charge in [-0.25, -0.2) is 5.06 Å². The first-order chi connectivity index (χ1) is 10.7. The molecule has 2 aromatic rings. The van der Waals surface area contributed by atoms with Crippen LogP contribution in [0.4, 0.5) is 5.69 Å². The van der Waals surface area contributed by atoms with Crippen molar-refractivity contribution in [3.8, 4) is 0 Å². The van der Waals surface area contributed by atoms with Crippen molar-refractivity contribution >= 4 is 5.69 Å². The Kier molecular flexibility index (Phi) is 4.06. The van der Waals surface area contributed by atoms with Gasteiger partial charge in [0.2, 0.25) is 0 Å². The van der Waals surface area contributed by atoms with Gasteiger partial charge in [0.05, 0.1) is 5.69 Å². The first-order valence-electron chi connectivity index (χ1n) is 7.42. The smallest absolute Gasteiger partial charge is 0.264 e. The van der Waals surface area contributed by atoms with Crippen molar-refractivity contribution in [1.29, 1.82) is 0 Å². The molecule has 2 aromatic carbocycles. The highest BCUT2D eigenvalue weighted by Crippen LogP contribution is 2.40. The van der Waals surface area contributed by atoms with E-state index >= 15 is 0 Å². The Balaban J connectivity index is 2.06. The molecule has 1 saturated heterocycles. The molecule has 5 nitrogen and oxygen atoms in total. The molecule has 0 N–H and O–H groups in total. The zero-order valence-corrected chi connectivity index (χ0v) is 12.3. The first kappa shape index (κ1) is 14.5. The third-order valence-electron chi connectivity index (χ3n) is 4.00. The van der Waals surface area contributed by atoms with Crippen molar-refractivity contribution in [1.82, 2.24) is 0 Å². The summed E-state index contributed by atoms with van der Waals surface area (Å²) in [4.78, 5) is 17.3. The predicted molar refractivity (Wildman–Crippen MR) is 84.1 cm³/mol. The summed E-state index contributed by atoms with van der Waals surface area (Å²) in [6.07, 6.45) is 0.165. The van der Waals surface area contributed by atoms with Crippen molar-refractivity contribution in [3.63, 3.8) is 0 Å². The van der Waals surface area contributed by atoms with Gasteiger partial charge in [-0.2, -0.15) is 0 Å². The highest BCUT2D eigenvalue weighted by atomic mass is 16.7. The number of rotatable bonds is 4. The van der Waals surface area contributed by atoms with Gasteiger partial charge in [0.15, 0.2) is 12.1 Å². The van der Waals surface area contributed by atoms with Gasteiger partial charge in [-0.15, -0.1) is 0 Å². The number of hydrogen-bond donors (Lipinski definition) is 0. The lowest BCUT2D eigenvalue weighted by molar-refractivity contribution is -0.529. The summed E-state index contributed by atoms with van der Waals surface area (Å²) in [5.74, 6) is 0. The molecule has 114 valence electrons. The van der Waals surface area contributed by atoms with Crippen LogP contribution < -0.4 is 5.06 Å². The number of hydroxylamine groups is 1. The third kappa shape index (κ3) is 2.55. The number of nitro groups is 1. The van der Waals surface area contributed by atoms with E-state index in [0.29, 0.717) is 6.42 Å². The fraction of sp³-hybridized carbons (Fsp3) is 0.294. The van der Waals surface area contributed by atoms with Crippen LogP contribution in [0.2, 0.25) is 0 Å². The van der Waals surface area contributed by atoms with E-state index in [1.54, 1.807) is 5.06 Å². The average Bonchev–Trinajstić information content (AvgIpc) is 2.96. The summed E-state index contributed by atoms with van der Waals surface area (Å²) < 4.78 is 0. The van der Waals surface area contributed by atoms with Crippen molar-refractivity contribution in [3.05, 3.63) is 76.3 Å². The number of para-hydroxylation sites is 1. The molecular weight excluding hydrogens is 280 g/mol. The molecule has 0 aromatic heterocycles. The lowest BCUT2D eigenvalue weighted by atomic mass is 9.95. The standard InChI is InChI=1S/C17H18N2O3/c1-2-15-17(19(20)21)16(13-9-5-3-6-10-13)18(22-15)14-11-7-4-8-12-14/h3-12,15-17H,2H2,1H3/t15-,16-,17-/m1/s1. The quantitative estimate of drug-likeness (QED) is 0.639. The highest BCUT2D eigenvalue weighted by Gasteiger charge is 2.51. The average molecular weight is 298 g/mol. The largest absolute Gasteiger partial charge is 0.267 e. The van der Waals surface area contributed by atoms with Gasteiger partial charge in [0, 0.05) is 4.92 Å². The fourth-order valence-electron chi connectivity index (χ4n) is 2.96. The molecule has 0 radical (unpaired) electrons. The number of hydrogen-bond acceptors (Lipinski definition) is 4. The molecule has 1 heterocycles. The Morgan fingerprint density at radius 1 is 1.09 bits per heavy atom. The van der Waals surface area contributed by atoms with Crippen LogP contribution in [0, 0.1) is 10.1 Å². The maximum absolute atomic E-state index is 11.6. The molecule has 0 aliphatic carbocycles. The van der Waals surface area contributed by atoms with Gasteiger partial charge in [-0.3, -0.25) is 15.0 Å². The van der Waals surface area contributed by atoms with E-state index in [1.165, 1.54) is 0 Å². The van der Waals surface area contributed by atoms with Crippen molar-refractivity contribution in [2.75, 3.05) is 5.06 Å².